The maximum atomic E-state index is 13.3. The van der Waals surface area contributed by atoms with Crippen LogP contribution in [0.2, 0.25) is 0 Å². The first-order chi connectivity index (χ1) is 15.5. The largest absolute Gasteiger partial charge is 0.386 e. The van der Waals surface area contributed by atoms with Gasteiger partial charge in [-0.15, -0.1) is 0 Å². The highest BCUT2D eigenvalue weighted by atomic mass is 35.5. The Bertz CT molecular complexity index is 986. The fourth-order valence-electron chi connectivity index (χ4n) is 3.22. The minimum atomic E-state index is -1.33. The van der Waals surface area contributed by atoms with Gasteiger partial charge in [0.1, 0.15) is 12.8 Å². The Morgan fingerprint density at radius 1 is 0.906 bits per heavy atom. The number of aromatic nitrogens is 1. The molecule has 0 aliphatic heterocycles. The molecule has 0 saturated carbocycles. The SMILES string of the molecule is O=C(NC(CF)C(O)c1ccc(-c2ccc(CNCc3ccncc3)cc2)cc1)C(Cl)Cl. The monoisotopic (exact) mass is 475 g/mol. The van der Waals surface area contributed by atoms with Crippen molar-refractivity contribution in [2.45, 2.75) is 30.1 Å². The van der Waals surface area contributed by atoms with Gasteiger partial charge in [0.15, 0.2) is 4.84 Å². The number of hydrogen-bond acceptors (Lipinski definition) is 4. The van der Waals surface area contributed by atoms with Crippen molar-refractivity contribution in [2.75, 3.05) is 6.67 Å². The lowest BCUT2D eigenvalue weighted by molar-refractivity contribution is -0.121. The second-order valence-corrected chi connectivity index (χ2v) is 8.39. The van der Waals surface area contributed by atoms with E-state index in [2.05, 4.69) is 27.8 Å². The normalized spacial score (nSPS) is 13.0. The second kappa shape index (κ2) is 11.9. The topological polar surface area (TPSA) is 74.2 Å². The fourth-order valence-corrected chi connectivity index (χ4v) is 3.35. The second-order valence-electron chi connectivity index (χ2n) is 7.29. The van der Waals surface area contributed by atoms with E-state index in [1.807, 2.05) is 36.4 Å². The van der Waals surface area contributed by atoms with Gasteiger partial charge in [0.05, 0.1) is 6.04 Å². The van der Waals surface area contributed by atoms with Crippen molar-refractivity contribution in [2.24, 2.45) is 0 Å². The van der Waals surface area contributed by atoms with Gasteiger partial charge in [0.25, 0.3) is 5.91 Å². The van der Waals surface area contributed by atoms with E-state index >= 15 is 0 Å². The number of nitrogens with zero attached hydrogens (tertiary/aromatic N) is 1. The van der Waals surface area contributed by atoms with Crippen molar-refractivity contribution in [3.05, 3.63) is 89.7 Å². The maximum absolute atomic E-state index is 13.3. The molecule has 0 bridgehead atoms. The molecule has 2 aromatic carbocycles. The Balaban J connectivity index is 1.58. The molecule has 2 atom stereocenters. The Kier molecular flexibility index (Phi) is 9.00. The van der Waals surface area contributed by atoms with E-state index in [1.165, 1.54) is 5.56 Å². The van der Waals surface area contributed by atoms with Crippen molar-refractivity contribution in [3.63, 3.8) is 0 Å². The smallest absolute Gasteiger partial charge is 0.253 e. The summed E-state index contributed by atoms with van der Waals surface area (Å²) in [6.45, 7) is 0.562. The molecule has 3 rings (SSSR count). The van der Waals surface area contributed by atoms with Gasteiger partial charge in [-0.1, -0.05) is 71.7 Å². The molecule has 1 amide bonds. The summed E-state index contributed by atoms with van der Waals surface area (Å²) < 4.78 is 13.3. The molecule has 3 aromatic rings. The van der Waals surface area contributed by atoms with Gasteiger partial charge >= 0.3 is 0 Å². The van der Waals surface area contributed by atoms with Gasteiger partial charge < -0.3 is 15.7 Å². The van der Waals surface area contributed by atoms with E-state index in [1.54, 1.807) is 24.5 Å². The summed E-state index contributed by atoms with van der Waals surface area (Å²) in [6.07, 6.45) is 2.33. The molecule has 8 heteroatoms. The van der Waals surface area contributed by atoms with Crippen LogP contribution in [0.5, 0.6) is 0 Å². The molecule has 32 heavy (non-hydrogen) atoms. The Morgan fingerprint density at radius 3 is 1.97 bits per heavy atom. The molecule has 3 N–H and O–H groups in total. The van der Waals surface area contributed by atoms with Crippen LogP contribution in [0, 0.1) is 0 Å². The first-order valence-corrected chi connectivity index (χ1v) is 11.0. The van der Waals surface area contributed by atoms with E-state index in [0.29, 0.717) is 5.56 Å². The van der Waals surface area contributed by atoms with Crippen LogP contribution in [0.3, 0.4) is 0 Å². The summed E-state index contributed by atoms with van der Waals surface area (Å²) in [5.74, 6) is -0.748. The van der Waals surface area contributed by atoms with Crippen LogP contribution in [0.4, 0.5) is 4.39 Å². The summed E-state index contributed by atoms with van der Waals surface area (Å²) in [5, 5.41) is 16.1. The highest BCUT2D eigenvalue weighted by Gasteiger charge is 2.25. The number of aliphatic hydroxyl groups is 1. The lowest BCUT2D eigenvalue weighted by Gasteiger charge is -2.22. The Hall–Kier alpha value is -2.51. The van der Waals surface area contributed by atoms with Gasteiger partial charge in [0, 0.05) is 25.5 Å². The molecular weight excluding hydrogens is 452 g/mol. The van der Waals surface area contributed by atoms with Crippen LogP contribution in [0.1, 0.15) is 22.8 Å². The van der Waals surface area contributed by atoms with Crippen LogP contribution in [0.15, 0.2) is 73.1 Å². The Morgan fingerprint density at radius 2 is 1.44 bits per heavy atom. The summed E-state index contributed by atoms with van der Waals surface area (Å²) in [6, 6.07) is 18.1. The van der Waals surface area contributed by atoms with Gasteiger partial charge in [-0.2, -0.15) is 0 Å². The van der Waals surface area contributed by atoms with Crippen LogP contribution in [-0.2, 0) is 17.9 Å². The highest BCUT2D eigenvalue weighted by Crippen LogP contribution is 2.24. The van der Waals surface area contributed by atoms with Crippen molar-refractivity contribution in [3.8, 4) is 11.1 Å². The molecule has 0 aliphatic carbocycles. The third-order valence-electron chi connectivity index (χ3n) is 5.02. The molecule has 1 aromatic heterocycles. The molecule has 0 aliphatic rings. The minimum Gasteiger partial charge on any atom is -0.386 e. The predicted molar refractivity (Wildman–Crippen MR) is 125 cm³/mol. The molecule has 0 spiro atoms. The Labute approximate surface area is 196 Å². The molecule has 0 radical (unpaired) electrons. The number of aliphatic hydroxyl groups excluding tert-OH is 1. The minimum absolute atomic E-state index is 0.481. The van der Waals surface area contributed by atoms with Gasteiger partial charge in [-0.05, 0) is 39.9 Å². The van der Waals surface area contributed by atoms with Crippen LogP contribution < -0.4 is 10.6 Å². The summed E-state index contributed by atoms with van der Waals surface area (Å²) >= 11 is 11.0. The maximum Gasteiger partial charge on any atom is 0.253 e. The zero-order chi connectivity index (χ0) is 22.9. The van der Waals surface area contributed by atoms with Crippen LogP contribution in [-0.4, -0.2) is 33.6 Å². The summed E-state index contributed by atoms with van der Waals surface area (Å²) in [4.78, 5) is 14.3. The lowest BCUT2D eigenvalue weighted by Crippen LogP contribution is -2.43. The zero-order valence-corrected chi connectivity index (χ0v) is 18.7. The molecule has 2 unspecified atom stereocenters. The van der Waals surface area contributed by atoms with Crippen LogP contribution >= 0.6 is 23.2 Å². The average Bonchev–Trinajstić information content (AvgIpc) is 2.83. The van der Waals surface area contributed by atoms with Crippen molar-refractivity contribution in [1.82, 2.24) is 15.6 Å². The van der Waals surface area contributed by atoms with Gasteiger partial charge in [-0.3, -0.25) is 9.78 Å². The third-order valence-corrected chi connectivity index (χ3v) is 5.42. The molecule has 1 heterocycles. The third kappa shape index (κ3) is 6.74. The van der Waals surface area contributed by atoms with E-state index in [9.17, 15) is 14.3 Å². The molecule has 0 fully saturated rings. The fraction of sp³-hybridized carbons (Fsp3) is 0.250. The number of benzene rings is 2. The van der Waals surface area contributed by atoms with Crippen LogP contribution in [0.25, 0.3) is 11.1 Å². The number of rotatable bonds is 10. The number of amides is 1. The zero-order valence-electron chi connectivity index (χ0n) is 17.2. The van der Waals surface area contributed by atoms with Gasteiger partial charge in [-0.25, -0.2) is 4.39 Å². The number of halogens is 3. The van der Waals surface area contributed by atoms with Gasteiger partial charge in [0.2, 0.25) is 0 Å². The number of hydrogen-bond donors (Lipinski definition) is 3. The first-order valence-electron chi connectivity index (χ1n) is 10.1. The molecule has 0 saturated heterocycles. The van der Waals surface area contributed by atoms with E-state index in [0.717, 1.165) is 29.8 Å². The lowest BCUT2D eigenvalue weighted by atomic mass is 9.98. The summed E-state index contributed by atoms with van der Waals surface area (Å²) in [5.41, 5.74) is 4.80. The molecular formula is C24H24Cl2FN3O2. The average molecular weight is 476 g/mol. The first kappa shape index (κ1) is 24.1. The van der Waals surface area contributed by atoms with Crippen molar-refractivity contribution in [1.29, 1.82) is 0 Å². The van der Waals surface area contributed by atoms with E-state index < -0.39 is 29.6 Å². The number of alkyl halides is 3. The number of pyridine rings is 1. The predicted octanol–water partition coefficient (Wildman–Crippen LogP) is 4.33. The number of nitrogens with one attached hydrogen (secondary N) is 2. The molecule has 168 valence electrons. The van der Waals surface area contributed by atoms with Crippen molar-refractivity contribution < 1.29 is 14.3 Å². The number of carbonyl (C=O) groups is 1. The standard InChI is InChI=1S/C24H24Cl2FN3O2/c25-23(26)24(32)30-21(13-27)22(31)20-7-5-19(6-8-20)18-3-1-16(2-4-18)14-29-15-17-9-11-28-12-10-17/h1-12,21-23,29,31H,13-15H2,(H,30,32). The van der Waals surface area contributed by atoms with Crippen molar-refractivity contribution >= 4 is 29.1 Å². The van der Waals surface area contributed by atoms with E-state index in [4.69, 9.17) is 23.2 Å². The quantitative estimate of drug-likeness (QED) is 0.381. The molecule has 5 nitrogen and oxygen atoms in total. The van der Waals surface area contributed by atoms with E-state index in [-0.39, 0.29) is 0 Å². The highest BCUT2D eigenvalue weighted by molar-refractivity contribution is 6.53. The number of carbonyl (C=O) groups excluding carboxylic acids is 1. The summed E-state index contributed by atoms with van der Waals surface area (Å²) in [7, 11) is 0.